The maximum absolute atomic E-state index is 6.07. The smallest absolute Gasteiger partial charge is 0.201 e. The third-order valence-electron chi connectivity index (χ3n) is 3.60. The van der Waals surface area contributed by atoms with E-state index < -0.39 is 0 Å². The summed E-state index contributed by atoms with van der Waals surface area (Å²) in [6.45, 7) is 4.70. The topological polar surface area (TPSA) is 66.0 Å². The fraction of sp³-hybridized carbons (Fsp3) is 0.333. The number of pyridine rings is 1. The molecular weight excluding hydrogens is 252 g/mol. The molecule has 0 unspecified atom stereocenters. The molecule has 0 fully saturated rings. The van der Waals surface area contributed by atoms with E-state index in [1.165, 1.54) is 0 Å². The van der Waals surface area contributed by atoms with Crippen molar-refractivity contribution in [2.45, 2.75) is 26.0 Å². The maximum atomic E-state index is 6.07. The quantitative estimate of drug-likeness (QED) is 0.794. The SMILES string of the molecule is COC(C)(C)Cn1c(N)nc2cnc3ccccc3c21. The second kappa shape index (κ2) is 4.45. The highest BCUT2D eigenvalue weighted by molar-refractivity contribution is 6.02. The van der Waals surface area contributed by atoms with Gasteiger partial charge in [0.25, 0.3) is 0 Å². The Hall–Kier alpha value is -2.14. The van der Waals surface area contributed by atoms with Crippen molar-refractivity contribution in [2.24, 2.45) is 0 Å². The van der Waals surface area contributed by atoms with Gasteiger partial charge in [0, 0.05) is 12.5 Å². The van der Waals surface area contributed by atoms with Gasteiger partial charge in [-0.3, -0.25) is 4.98 Å². The first-order valence-corrected chi connectivity index (χ1v) is 6.56. The zero-order chi connectivity index (χ0) is 14.3. The van der Waals surface area contributed by atoms with Gasteiger partial charge in [0.15, 0.2) is 0 Å². The molecule has 5 heteroatoms. The average Bonchev–Trinajstić information content (AvgIpc) is 2.75. The molecular formula is C15H18N4O. The first-order chi connectivity index (χ1) is 9.52. The van der Waals surface area contributed by atoms with E-state index in [4.69, 9.17) is 10.5 Å². The fourth-order valence-electron chi connectivity index (χ4n) is 2.39. The highest BCUT2D eigenvalue weighted by atomic mass is 16.5. The van der Waals surface area contributed by atoms with Crippen LogP contribution in [0.3, 0.4) is 0 Å². The number of hydrogen-bond donors (Lipinski definition) is 1. The lowest BCUT2D eigenvalue weighted by Gasteiger charge is -2.24. The van der Waals surface area contributed by atoms with Crippen LogP contribution in [0.4, 0.5) is 5.95 Å². The molecule has 104 valence electrons. The van der Waals surface area contributed by atoms with E-state index in [9.17, 15) is 0 Å². The number of anilines is 1. The molecule has 1 aromatic carbocycles. The van der Waals surface area contributed by atoms with Gasteiger partial charge in [0.1, 0.15) is 5.52 Å². The molecule has 3 aromatic rings. The van der Waals surface area contributed by atoms with E-state index in [0.29, 0.717) is 12.5 Å². The number of rotatable bonds is 3. The minimum atomic E-state index is -0.313. The van der Waals surface area contributed by atoms with Gasteiger partial charge >= 0.3 is 0 Å². The van der Waals surface area contributed by atoms with Crippen molar-refractivity contribution in [3.8, 4) is 0 Å². The van der Waals surface area contributed by atoms with Crippen LogP contribution >= 0.6 is 0 Å². The third kappa shape index (κ3) is 2.00. The van der Waals surface area contributed by atoms with Crippen molar-refractivity contribution >= 4 is 27.9 Å². The first kappa shape index (κ1) is 12.9. The molecule has 0 saturated carbocycles. The number of para-hydroxylation sites is 1. The summed E-state index contributed by atoms with van der Waals surface area (Å²) in [4.78, 5) is 8.82. The van der Waals surface area contributed by atoms with Gasteiger partial charge in [-0.15, -0.1) is 0 Å². The maximum Gasteiger partial charge on any atom is 0.201 e. The van der Waals surface area contributed by atoms with E-state index in [-0.39, 0.29) is 5.60 Å². The first-order valence-electron chi connectivity index (χ1n) is 6.56. The second-order valence-electron chi connectivity index (χ2n) is 5.53. The predicted octanol–water partition coefficient (Wildman–Crippen LogP) is 2.59. The number of methoxy groups -OCH3 is 1. The highest BCUT2D eigenvalue weighted by Gasteiger charge is 2.21. The molecule has 0 aliphatic rings. The standard InChI is InChI=1S/C15H18N4O/c1-15(2,20-3)9-19-13-10-6-4-5-7-11(10)17-8-12(13)18-14(19)16/h4-8H,9H2,1-3H3,(H2,16,18). The van der Waals surface area contributed by atoms with E-state index in [2.05, 4.69) is 9.97 Å². The fourth-order valence-corrected chi connectivity index (χ4v) is 2.39. The Morgan fingerprint density at radius 1 is 1.25 bits per heavy atom. The zero-order valence-electron chi connectivity index (χ0n) is 11.9. The van der Waals surface area contributed by atoms with Gasteiger partial charge in [0.05, 0.1) is 29.4 Å². The van der Waals surface area contributed by atoms with Crippen LogP contribution in [0.5, 0.6) is 0 Å². The minimum absolute atomic E-state index is 0.313. The molecule has 0 saturated heterocycles. The van der Waals surface area contributed by atoms with Crippen molar-refractivity contribution in [3.05, 3.63) is 30.5 Å². The normalized spacial score (nSPS) is 12.3. The molecule has 0 aliphatic carbocycles. The molecule has 2 heterocycles. The number of fused-ring (bicyclic) bond motifs is 3. The van der Waals surface area contributed by atoms with Crippen LogP contribution < -0.4 is 5.73 Å². The van der Waals surface area contributed by atoms with Crippen molar-refractivity contribution in [1.82, 2.24) is 14.5 Å². The molecule has 20 heavy (non-hydrogen) atoms. The monoisotopic (exact) mass is 270 g/mol. The Bertz CT molecular complexity index is 776. The minimum Gasteiger partial charge on any atom is -0.377 e. The van der Waals surface area contributed by atoms with Crippen LogP contribution in [0.1, 0.15) is 13.8 Å². The summed E-state index contributed by atoms with van der Waals surface area (Å²) in [6.07, 6.45) is 1.77. The van der Waals surface area contributed by atoms with Crippen LogP contribution in [0.25, 0.3) is 21.9 Å². The molecule has 0 radical (unpaired) electrons. The van der Waals surface area contributed by atoms with Crippen molar-refractivity contribution in [3.63, 3.8) is 0 Å². The summed E-state index contributed by atoms with van der Waals surface area (Å²) in [7, 11) is 1.70. The molecule has 0 amide bonds. The van der Waals surface area contributed by atoms with E-state index in [1.54, 1.807) is 13.3 Å². The summed E-state index contributed by atoms with van der Waals surface area (Å²) in [5.41, 5.74) is 8.53. The molecule has 0 atom stereocenters. The summed E-state index contributed by atoms with van der Waals surface area (Å²) in [5.74, 6) is 0.489. The molecule has 2 aromatic heterocycles. The number of ether oxygens (including phenoxy) is 1. The zero-order valence-corrected chi connectivity index (χ0v) is 11.9. The number of nitrogens with two attached hydrogens (primary N) is 1. The molecule has 0 bridgehead atoms. The Morgan fingerprint density at radius 2 is 2.00 bits per heavy atom. The Kier molecular flexibility index (Phi) is 2.87. The molecule has 0 aliphatic heterocycles. The van der Waals surface area contributed by atoms with Gasteiger partial charge in [-0.05, 0) is 19.9 Å². The predicted molar refractivity (Wildman–Crippen MR) is 80.5 cm³/mol. The average molecular weight is 270 g/mol. The Labute approximate surface area is 117 Å². The lowest BCUT2D eigenvalue weighted by molar-refractivity contribution is 0.00951. The lowest BCUT2D eigenvalue weighted by atomic mass is 10.1. The number of imidazole rings is 1. The van der Waals surface area contributed by atoms with E-state index in [1.807, 2.05) is 42.7 Å². The van der Waals surface area contributed by atoms with Crippen molar-refractivity contribution in [2.75, 3.05) is 12.8 Å². The van der Waals surface area contributed by atoms with Crippen LogP contribution in [-0.2, 0) is 11.3 Å². The Balaban J connectivity index is 2.30. The van der Waals surface area contributed by atoms with Gasteiger partial charge in [-0.2, -0.15) is 0 Å². The van der Waals surface area contributed by atoms with Crippen LogP contribution in [0, 0.1) is 0 Å². The lowest BCUT2D eigenvalue weighted by Crippen LogP contribution is -2.29. The van der Waals surface area contributed by atoms with Crippen molar-refractivity contribution in [1.29, 1.82) is 0 Å². The van der Waals surface area contributed by atoms with Gasteiger partial charge < -0.3 is 15.0 Å². The number of benzene rings is 1. The molecule has 5 nitrogen and oxygen atoms in total. The van der Waals surface area contributed by atoms with E-state index in [0.717, 1.165) is 21.9 Å². The van der Waals surface area contributed by atoms with E-state index >= 15 is 0 Å². The number of aromatic nitrogens is 3. The van der Waals surface area contributed by atoms with Crippen molar-refractivity contribution < 1.29 is 4.74 Å². The van der Waals surface area contributed by atoms with Gasteiger partial charge in [-0.25, -0.2) is 4.98 Å². The van der Waals surface area contributed by atoms with Gasteiger partial charge in [0.2, 0.25) is 5.95 Å². The molecule has 2 N–H and O–H groups in total. The van der Waals surface area contributed by atoms with Crippen LogP contribution in [0.15, 0.2) is 30.5 Å². The van der Waals surface area contributed by atoms with Crippen LogP contribution in [0.2, 0.25) is 0 Å². The number of hydrogen-bond acceptors (Lipinski definition) is 4. The second-order valence-corrected chi connectivity index (χ2v) is 5.53. The highest BCUT2D eigenvalue weighted by Crippen LogP contribution is 2.27. The van der Waals surface area contributed by atoms with Gasteiger partial charge in [-0.1, -0.05) is 18.2 Å². The number of nitrogens with zero attached hydrogens (tertiary/aromatic N) is 3. The molecule has 3 rings (SSSR count). The number of nitrogen functional groups attached to an aromatic ring is 1. The Morgan fingerprint density at radius 3 is 2.75 bits per heavy atom. The third-order valence-corrected chi connectivity index (χ3v) is 3.60. The van der Waals surface area contributed by atoms with Crippen LogP contribution in [-0.4, -0.2) is 27.2 Å². The summed E-state index contributed by atoms with van der Waals surface area (Å²) < 4.78 is 7.51. The largest absolute Gasteiger partial charge is 0.377 e. The summed E-state index contributed by atoms with van der Waals surface area (Å²) in [5, 5.41) is 1.06. The summed E-state index contributed by atoms with van der Waals surface area (Å²) in [6, 6.07) is 8.01. The molecule has 0 spiro atoms. The summed E-state index contributed by atoms with van der Waals surface area (Å²) >= 11 is 0.